The van der Waals surface area contributed by atoms with Crippen molar-refractivity contribution in [2.24, 2.45) is 0 Å². The van der Waals surface area contributed by atoms with Gasteiger partial charge < -0.3 is 13.6 Å². The lowest BCUT2D eigenvalue weighted by molar-refractivity contribution is 0.671. The molecule has 10 rings (SSSR count). The minimum atomic E-state index is 0.666. The molecule has 0 atom stereocenters. The van der Waals surface area contributed by atoms with Gasteiger partial charge in [0.25, 0.3) is 0 Å². The number of para-hydroxylation sites is 3. The molecule has 0 saturated heterocycles. The Hall–Kier alpha value is -6.22. The van der Waals surface area contributed by atoms with Crippen LogP contribution >= 0.6 is 11.8 Å². The molecule has 0 saturated carbocycles. The third-order valence-electron chi connectivity index (χ3n) is 9.39. The van der Waals surface area contributed by atoms with E-state index in [1.807, 2.05) is 64.1 Å². The summed E-state index contributed by atoms with van der Waals surface area (Å²) in [5.41, 5.74) is 9.21. The molecule has 0 radical (unpaired) electrons. The van der Waals surface area contributed by atoms with Crippen molar-refractivity contribution >= 4 is 77.3 Å². The molecule has 52 heavy (non-hydrogen) atoms. The van der Waals surface area contributed by atoms with E-state index < -0.39 is 0 Å². The van der Waals surface area contributed by atoms with E-state index in [9.17, 15) is 5.26 Å². The Bertz CT molecular complexity index is 2910. The van der Waals surface area contributed by atoms with Crippen molar-refractivity contribution in [2.45, 2.75) is 37.5 Å². The van der Waals surface area contributed by atoms with Crippen LogP contribution in [0.1, 0.15) is 33.3 Å². The third-order valence-corrected chi connectivity index (χ3v) is 10.4. The van der Waals surface area contributed by atoms with Gasteiger partial charge in [-0.3, -0.25) is 0 Å². The lowest BCUT2D eigenvalue weighted by Gasteiger charge is -2.10. The molecule has 0 fully saturated rings. The fraction of sp³-hybridized carbons (Fsp3) is 0.0851. The van der Waals surface area contributed by atoms with E-state index in [2.05, 4.69) is 130 Å². The number of nitriles is 1. The van der Waals surface area contributed by atoms with Gasteiger partial charge in [0.05, 0.1) is 33.7 Å². The molecule has 7 aromatic carbocycles. The number of benzene rings is 7. The number of fused-ring (bicyclic) bond motifs is 10. The summed E-state index contributed by atoms with van der Waals surface area (Å²) in [5, 5.41) is 16.2. The second-order valence-corrected chi connectivity index (χ2v) is 13.2. The van der Waals surface area contributed by atoms with Crippen LogP contribution < -0.4 is 0 Å². The molecule has 0 aliphatic rings. The van der Waals surface area contributed by atoms with Crippen molar-refractivity contribution in [3.63, 3.8) is 0 Å². The van der Waals surface area contributed by atoms with Gasteiger partial charge >= 0.3 is 0 Å². The van der Waals surface area contributed by atoms with Gasteiger partial charge in [0, 0.05) is 53.5 Å². The van der Waals surface area contributed by atoms with E-state index >= 15 is 0 Å². The largest absolute Gasteiger partial charge is 0.454 e. The molecule has 0 spiro atoms. The van der Waals surface area contributed by atoms with Crippen LogP contribution in [0.4, 0.5) is 0 Å². The van der Waals surface area contributed by atoms with Crippen molar-refractivity contribution in [1.29, 1.82) is 5.26 Å². The maximum absolute atomic E-state index is 9.19. The van der Waals surface area contributed by atoms with Crippen molar-refractivity contribution in [1.82, 2.24) is 9.13 Å². The lowest BCUT2D eigenvalue weighted by atomic mass is 10.1. The molecule has 0 aliphatic heterocycles. The second-order valence-electron chi connectivity index (χ2n) is 12.1. The summed E-state index contributed by atoms with van der Waals surface area (Å²) >= 11 is 1.69. The zero-order valence-electron chi connectivity index (χ0n) is 29.6. The van der Waals surface area contributed by atoms with Gasteiger partial charge in [0.15, 0.2) is 5.58 Å². The highest BCUT2D eigenvalue weighted by Gasteiger charge is 2.22. The lowest BCUT2D eigenvalue weighted by Crippen LogP contribution is -1.95. The summed E-state index contributed by atoms with van der Waals surface area (Å²) in [6, 6.07) is 55.4. The summed E-state index contributed by atoms with van der Waals surface area (Å²) < 4.78 is 11.4. The summed E-state index contributed by atoms with van der Waals surface area (Å²) in [6.45, 7) is 8.00. The minimum Gasteiger partial charge on any atom is -0.454 e. The van der Waals surface area contributed by atoms with Crippen LogP contribution in [0.2, 0.25) is 0 Å². The summed E-state index contributed by atoms with van der Waals surface area (Å²) in [5.74, 6) is 0. The molecule has 3 heterocycles. The first kappa shape index (κ1) is 33.0. The quantitative estimate of drug-likeness (QED) is 0.185. The average Bonchev–Trinajstić information content (AvgIpc) is 3.87. The molecule has 0 aliphatic carbocycles. The Kier molecular flexibility index (Phi) is 8.76. The van der Waals surface area contributed by atoms with E-state index in [0.29, 0.717) is 5.56 Å². The average molecular weight is 692 g/mol. The third kappa shape index (κ3) is 5.31. The van der Waals surface area contributed by atoms with Gasteiger partial charge in [-0.25, -0.2) is 0 Å². The maximum Gasteiger partial charge on any atom is 0.160 e. The molecule has 0 N–H and O–H groups in total. The van der Waals surface area contributed by atoms with E-state index in [4.69, 9.17) is 4.42 Å². The minimum absolute atomic E-state index is 0.666. The summed E-state index contributed by atoms with van der Waals surface area (Å²) in [4.78, 5) is 2.23. The van der Waals surface area contributed by atoms with Crippen LogP contribution in [-0.4, -0.2) is 9.13 Å². The predicted octanol–water partition coefficient (Wildman–Crippen LogP) is 13.9. The topological polar surface area (TPSA) is 46.8 Å². The van der Waals surface area contributed by atoms with Gasteiger partial charge in [0.2, 0.25) is 0 Å². The highest BCUT2D eigenvalue weighted by atomic mass is 32.2. The van der Waals surface area contributed by atoms with E-state index in [1.165, 1.54) is 27.2 Å². The molecule has 4 nitrogen and oxygen atoms in total. The first-order valence-corrected chi connectivity index (χ1v) is 18.7. The molecule has 0 unspecified atom stereocenters. The Morgan fingerprint density at radius 2 is 1.04 bits per heavy atom. The molecule has 0 amide bonds. The molecule has 5 heteroatoms. The fourth-order valence-corrected chi connectivity index (χ4v) is 8.08. The van der Waals surface area contributed by atoms with Crippen LogP contribution in [0.15, 0.2) is 166 Å². The van der Waals surface area contributed by atoms with Crippen molar-refractivity contribution in [2.75, 3.05) is 0 Å². The van der Waals surface area contributed by atoms with Gasteiger partial charge in [-0.2, -0.15) is 5.26 Å². The summed E-state index contributed by atoms with van der Waals surface area (Å²) in [7, 11) is 0. The van der Waals surface area contributed by atoms with Crippen molar-refractivity contribution in [3.8, 4) is 17.4 Å². The number of rotatable bonds is 4. The second kappa shape index (κ2) is 13.8. The molecule has 0 bridgehead atoms. The Labute approximate surface area is 307 Å². The van der Waals surface area contributed by atoms with Gasteiger partial charge in [-0.15, -0.1) is 0 Å². The van der Waals surface area contributed by atoms with E-state index in [-0.39, 0.29) is 0 Å². The van der Waals surface area contributed by atoms with Crippen LogP contribution in [0.3, 0.4) is 0 Å². The smallest absolute Gasteiger partial charge is 0.160 e. The van der Waals surface area contributed by atoms with E-state index in [0.717, 1.165) is 59.5 Å². The molecule has 3 aromatic heterocycles. The maximum atomic E-state index is 9.19. The highest BCUT2D eigenvalue weighted by molar-refractivity contribution is 7.99. The van der Waals surface area contributed by atoms with Crippen LogP contribution in [0, 0.1) is 11.3 Å². The molecular weight excluding hydrogens is 655 g/mol. The Morgan fingerprint density at radius 1 is 0.481 bits per heavy atom. The normalized spacial score (nSPS) is 11.1. The zero-order valence-corrected chi connectivity index (χ0v) is 30.4. The number of nitrogens with zero attached hydrogens (tertiary/aromatic N) is 3. The molecular formula is C47H37N3OS. The van der Waals surface area contributed by atoms with Gasteiger partial charge in [0.1, 0.15) is 5.58 Å². The molecule has 10 aromatic rings. The first-order valence-electron chi connectivity index (χ1n) is 17.9. The number of hydrogen-bond acceptors (Lipinski definition) is 3. The predicted molar refractivity (Wildman–Crippen MR) is 220 cm³/mol. The standard InChI is InChI=1S/C43H25N3OS.2C2H6/c44-26-27-14-18-30(19-15-27)48-31-20-16-29(17-21-31)46-40-24-36-32-10-4-6-12-38(32)45(28-8-2-1-3-9-28)39(36)25-37(40)34-22-23-35-33-11-5-7-13-41(33)47-43(35)42(34)46;2*1-2/h1-25H;2*1-2H3. The summed E-state index contributed by atoms with van der Waals surface area (Å²) in [6.07, 6.45) is 0. The van der Waals surface area contributed by atoms with Crippen LogP contribution in [-0.2, 0) is 0 Å². The molecule has 252 valence electrons. The van der Waals surface area contributed by atoms with Gasteiger partial charge in [-0.05, 0) is 91.0 Å². The highest BCUT2D eigenvalue weighted by Crippen LogP contribution is 2.43. The fourth-order valence-electron chi connectivity index (χ4n) is 7.26. The van der Waals surface area contributed by atoms with Crippen molar-refractivity contribution in [3.05, 3.63) is 157 Å². The SMILES string of the molecule is CC.CC.N#Cc1ccc(Sc2ccc(-n3c4cc5c6ccccc6n(-c6ccccc6)c5cc4c4ccc5c6ccccc6oc5c43)cc2)cc1. The van der Waals surface area contributed by atoms with Crippen molar-refractivity contribution < 1.29 is 4.42 Å². The van der Waals surface area contributed by atoms with Gasteiger partial charge in [-0.1, -0.05) is 100 Å². The van der Waals surface area contributed by atoms with Crippen LogP contribution in [0.25, 0.3) is 76.9 Å². The number of hydrogen-bond donors (Lipinski definition) is 0. The zero-order chi connectivity index (χ0) is 35.8. The monoisotopic (exact) mass is 691 g/mol. The first-order chi connectivity index (χ1) is 25.7. The number of aromatic nitrogens is 2. The number of furan rings is 1. The Balaban J connectivity index is 0.000000937. The van der Waals surface area contributed by atoms with E-state index in [1.54, 1.807) is 11.8 Å². The Morgan fingerprint density at radius 3 is 1.75 bits per heavy atom. The van der Waals surface area contributed by atoms with Crippen LogP contribution in [0.5, 0.6) is 0 Å².